The highest BCUT2D eigenvalue weighted by Crippen LogP contribution is 2.29. The first kappa shape index (κ1) is 13.7. The van der Waals surface area contributed by atoms with Crippen LogP contribution in [0.15, 0.2) is 0 Å². The van der Waals surface area contributed by atoms with Crippen molar-refractivity contribution in [2.24, 2.45) is 0 Å². The molecule has 0 fully saturated rings. The molecule has 1 heterocycles. The fourth-order valence-electron chi connectivity index (χ4n) is 1.87. The maximum atomic E-state index is 4.80. The second kappa shape index (κ2) is 7.02. The van der Waals surface area contributed by atoms with Crippen LogP contribution in [0.1, 0.15) is 62.0 Å². The molecule has 0 saturated carbocycles. The van der Waals surface area contributed by atoms with Crippen LogP contribution in [0.25, 0.3) is 0 Å². The number of aryl methyl sites for hydroxylation is 1. The van der Waals surface area contributed by atoms with Crippen molar-refractivity contribution in [3.63, 3.8) is 0 Å². The molecule has 0 saturated heterocycles. The minimum absolute atomic E-state index is 0.658. The highest BCUT2D eigenvalue weighted by Gasteiger charge is 2.15. The standard InChI is InChI=1S/C13H24N2S/c1-5-10(6-2)13-15-11(7-3)12(16-13)9-14-8-4/h10,14H,5-9H2,1-4H3. The van der Waals surface area contributed by atoms with E-state index in [9.17, 15) is 0 Å². The Morgan fingerprint density at radius 2 is 1.88 bits per heavy atom. The van der Waals surface area contributed by atoms with Gasteiger partial charge < -0.3 is 5.32 Å². The summed E-state index contributed by atoms with van der Waals surface area (Å²) in [6, 6.07) is 0. The molecule has 92 valence electrons. The zero-order valence-electron chi connectivity index (χ0n) is 11.0. The number of thiazole rings is 1. The Hall–Kier alpha value is -0.410. The summed E-state index contributed by atoms with van der Waals surface area (Å²) in [5, 5.41) is 4.74. The second-order valence-electron chi connectivity index (χ2n) is 4.07. The van der Waals surface area contributed by atoms with Crippen LogP contribution in [0.5, 0.6) is 0 Å². The number of hydrogen-bond acceptors (Lipinski definition) is 3. The van der Waals surface area contributed by atoms with Gasteiger partial charge in [0, 0.05) is 17.3 Å². The SMILES string of the molecule is CCNCc1sc(C(CC)CC)nc1CC. The molecular weight excluding hydrogens is 216 g/mol. The fourth-order valence-corrected chi connectivity index (χ4v) is 3.26. The Balaban J connectivity index is 2.83. The maximum absolute atomic E-state index is 4.80. The van der Waals surface area contributed by atoms with Gasteiger partial charge in [-0.25, -0.2) is 4.98 Å². The molecular formula is C13H24N2S. The van der Waals surface area contributed by atoms with Crippen LogP contribution in [-0.2, 0) is 13.0 Å². The molecule has 0 amide bonds. The number of nitrogens with one attached hydrogen (secondary N) is 1. The molecule has 0 bridgehead atoms. The summed E-state index contributed by atoms with van der Waals surface area (Å²) in [7, 11) is 0. The van der Waals surface area contributed by atoms with Gasteiger partial charge in [0.25, 0.3) is 0 Å². The van der Waals surface area contributed by atoms with Crippen LogP contribution in [0.4, 0.5) is 0 Å². The first-order valence-electron chi connectivity index (χ1n) is 6.45. The van der Waals surface area contributed by atoms with Crippen LogP contribution in [0, 0.1) is 0 Å². The lowest BCUT2D eigenvalue weighted by molar-refractivity contribution is 0.635. The highest BCUT2D eigenvalue weighted by molar-refractivity contribution is 7.11. The van der Waals surface area contributed by atoms with Crippen molar-refractivity contribution in [2.45, 2.75) is 59.4 Å². The summed E-state index contributed by atoms with van der Waals surface area (Å²) in [6.07, 6.45) is 3.46. The van der Waals surface area contributed by atoms with Crippen molar-refractivity contribution >= 4 is 11.3 Å². The third-order valence-corrected chi connectivity index (χ3v) is 4.26. The first-order valence-corrected chi connectivity index (χ1v) is 7.27. The summed E-state index contributed by atoms with van der Waals surface area (Å²) >= 11 is 1.91. The quantitative estimate of drug-likeness (QED) is 0.785. The predicted octanol–water partition coefficient (Wildman–Crippen LogP) is 3.72. The van der Waals surface area contributed by atoms with E-state index in [0.717, 1.165) is 19.5 Å². The number of hydrogen-bond donors (Lipinski definition) is 1. The monoisotopic (exact) mass is 240 g/mol. The van der Waals surface area contributed by atoms with Gasteiger partial charge in [0.15, 0.2) is 0 Å². The first-order chi connectivity index (χ1) is 7.76. The zero-order valence-corrected chi connectivity index (χ0v) is 11.8. The molecule has 2 nitrogen and oxygen atoms in total. The summed E-state index contributed by atoms with van der Waals surface area (Å²) in [4.78, 5) is 6.24. The smallest absolute Gasteiger partial charge is 0.0962 e. The molecule has 0 radical (unpaired) electrons. The van der Waals surface area contributed by atoms with Gasteiger partial charge in [-0.2, -0.15) is 0 Å². The summed E-state index contributed by atoms with van der Waals surface area (Å²) in [6.45, 7) is 10.9. The molecule has 0 atom stereocenters. The lowest BCUT2D eigenvalue weighted by Gasteiger charge is -2.06. The topological polar surface area (TPSA) is 24.9 Å². The van der Waals surface area contributed by atoms with Gasteiger partial charge in [-0.15, -0.1) is 11.3 Å². The minimum atomic E-state index is 0.658. The van der Waals surface area contributed by atoms with Crippen LogP contribution in [0.2, 0.25) is 0 Å². The Bertz CT molecular complexity index is 303. The fraction of sp³-hybridized carbons (Fsp3) is 0.769. The molecule has 3 heteroatoms. The molecule has 0 spiro atoms. The van der Waals surface area contributed by atoms with E-state index in [-0.39, 0.29) is 0 Å². The van der Waals surface area contributed by atoms with Gasteiger partial charge in [-0.3, -0.25) is 0 Å². The van der Waals surface area contributed by atoms with Crippen LogP contribution >= 0.6 is 11.3 Å². The third-order valence-electron chi connectivity index (χ3n) is 3.00. The molecule has 0 aliphatic heterocycles. The van der Waals surface area contributed by atoms with Gasteiger partial charge in [-0.05, 0) is 25.8 Å². The molecule has 0 aliphatic rings. The lowest BCUT2D eigenvalue weighted by Crippen LogP contribution is -2.11. The lowest BCUT2D eigenvalue weighted by atomic mass is 10.1. The summed E-state index contributed by atoms with van der Waals surface area (Å²) in [5.74, 6) is 0.658. The van der Waals surface area contributed by atoms with E-state index in [0.29, 0.717) is 5.92 Å². The van der Waals surface area contributed by atoms with E-state index in [1.54, 1.807) is 0 Å². The average molecular weight is 240 g/mol. The third kappa shape index (κ3) is 3.29. The molecule has 0 aliphatic carbocycles. The van der Waals surface area contributed by atoms with Gasteiger partial charge in [-0.1, -0.05) is 27.7 Å². The highest BCUT2D eigenvalue weighted by atomic mass is 32.1. The van der Waals surface area contributed by atoms with Crippen molar-refractivity contribution in [2.75, 3.05) is 6.54 Å². The zero-order chi connectivity index (χ0) is 12.0. The molecule has 1 aromatic rings. The van der Waals surface area contributed by atoms with Crippen molar-refractivity contribution in [1.82, 2.24) is 10.3 Å². The van der Waals surface area contributed by atoms with Crippen molar-refractivity contribution in [3.05, 3.63) is 15.6 Å². The molecule has 1 rings (SSSR count). The number of nitrogens with zero attached hydrogens (tertiary/aromatic N) is 1. The number of aromatic nitrogens is 1. The van der Waals surface area contributed by atoms with E-state index in [1.807, 2.05) is 11.3 Å². The molecule has 1 aromatic heterocycles. The minimum Gasteiger partial charge on any atom is -0.312 e. The van der Waals surface area contributed by atoms with E-state index in [4.69, 9.17) is 4.98 Å². The van der Waals surface area contributed by atoms with E-state index in [1.165, 1.54) is 28.4 Å². The number of rotatable bonds is 7. The molecule has 0 aromatic carbocycles. The van der Waals surface area contributed by atoms with Gasteiger partial charge in [0.05, 0.1) is 10.7 Å². The van der Waals surface area contributed by atoms with Crippen molar-refractivity contribution in [3.8, 4) is 0 Å². The van der Waals surface area contributed by atoms with E-state index in [2.05, 4.69) is 33.0 Å². The maximum Gasteiger partial charge on any atom is 0.0962 e. The Morgan fingerprint density at radius 3 is 2.38 bits per heavy atom. The molecule has 0 unspecified atom stereocenters. The Labute approximate surface area is 103 Å². The molecule has 16 heavy (non-hydrogen) atoms. The van der Waals surface area contributed by atoms with Crippen LogP contribution < -0.4 is 5.32 Å². The van der Waals surface area contributed by atoms with Gasteiger partial charge in [0.2, 0.25) is 0 Å². The summed E-state index contributed by atoms with van der Waals surface area (Å²) < 4.78 is 0. The van der Waals surface area contributed by atoms with Gasteiger partial charge >= 0.3 is 0 Å². The Kier molecular flexibility index (Phi) is 5.99. The molecule has 1 N–H and O–H groups in total. The summed E-state index contributed by atoms with van der Waals surface area (Å²) in [5.41, 5.74) is 1.30. The van der Waals surface area contributed by atoms with Crippen molar-refractivity contribution in [1.29, 1.82) is 0 Å². The van der Waals surface area contributed by atoms with Gasteiger partial charge in [0.1, 0.15) is 0 Å². The average Bonchev–Trinajstić information content (AvgIpc) is 2.71. The van der Waals surface area contributed by atoms with Crippen LogP contribution in [0.3, 0.4) is 0 Å². The van der Waals surface area contributed by atoms with E-state index < -0.39 is 0 Å². The normalized spacial score (nSPS) is 11.3. The second-order valence-corrected chi connectivity index (χ2v) is 5.18. The largest absolute Gasteiger partial charge is 0.312 e. The predicted molar refractivity (Wildman–Crippen MR) is 72.2 cm³/mol. The Morgan fingerprint density at radius 1 is 1.19 bits per heavy atom. The van der Waals surface area contributed by atoms with Crippen molar-refractivity contribution < 1.29 is 0 Å². The van der Waals surface area contributed by atoms with E-state index >= 15 is 0 Å². The van der Waals surface area contributed by atoms with Crippen LogP contribution in [-0.4, -0.2) is 11.5 Å².